The minimum absolute atomic E-state index is 0.132. The summed E-state index contributed by atoms with van der Waals surface area (Å²) in [5.41, 5.74) is 5.49. The predicted octanol–water partition coefficient (Wildman–Crippen LogP) is 1.13. The maximum atomic E-state index is 11.2. The molecule has 3 N–H and O–H groups in total. The van der Waals surface area contributed by atoms with E-state index in [4.69, 9.17) is 10.7 Å². The number of nitrogens with two attached hydrogens (primary N) is 1. The fourth-order valence-corrected chi connectivity index (χ4v) is 3.33. The van der Waals surface area contributed by atoms with Gasteiger partial charge in [0.1, 0.15) is 0 Å². The lowest BCUT2D eigenvalue weighted by atomic mass is 9.93. The van der Waals surface area contributed by atoms with Crippen LogP contribution in [0.25, 0.3) is 0 Å². The summed E-state index contributed by atoms with van der Waals surface area (Å²) in [7, 11) is 4.19. The number of hydrogen-bond donors (Lipinski definition) is 2. The van der Waals surface area contributed by atoms with Gasteiger partial charge in [0, 0.05) is 39.1 Å². The molecule has 0 aromatic rings. The fourth-order valence-electron chi connectivity index (χ4n) is 3.33. The first-order chi connectivity index (χ1) is 10.7. The quantitative estimate of drug-likeness (QED) is 0.543. The molecule has 1 rings (SSSR count). The van der Waals surface area contributed by atoms with Crippen molar-refractivity contribution in [3.8, 4) is 0 Å². The van der Waals surface area contributed by atoms with Crippen molar-refractivity contribution in [3.63, 3.8) is 0 Å². The predicted molar refractivity (Wildman–Crippen MR) is 96.4 cm³/mol. The number of guanidine groups is 1. The van der Waals surface area contributed by atoms with Gasteiger partial charge in [0.15, 0.2) is 5.96 Å². The first kappa shape index (κ1) is 19.7. The topological polar surface area (TPSA) is 74.0 Å². The zero-order chi connectivity index (χ0) is 17.5. The summed E-state index contributed by atoms with van der Waals surface area (Å²) in [6.45, 7) is 11.1. The number of primary amides is 1. The van der Waals surface area contributed by atoms with Crippen LogP contribution in [0.5, 0.6) is 0 Å². The smallest absolute Gasteiger partial charge is 0.217 e. The van der Waals surface area contributed by atoms with Gasteiger partial charge < -0.3 is 20.9 Å². The molecule has 23 heavy (non-hydrogen) atoms. The highest BCUT2D eigenvalue weighted by Gasteiger charge is 2.25. The molecule has 1 fully saturated rings. The van der Waals surface area contributed by atoms with Crippen LogP contribution in [0.4, 0.5) is 0 Å². The van der Waals surface area contributed by atoms with Gasteiger partial charge in [0.2, 0.25) is 5.91 Å². The molecule has 6 heteroatoms. The van der Waals surface area contributed by atoms with Crippen LogP contribution in [0.3, 0.4) is 0 Å². The summed E-state index contributed by atoms with van der Waals surface area (Å²) in [6, 6.07) is 0. The van der Waals surface area contributed by atoms with Crippen LogP contribution in [0.1, 0.15) is 40.0 Å². The van der Waals surface area contributed by atoms with Gasteiger partial charge >= 0.3 is 0 Å². The van der Waals surface area contributed by atoms with Gasteiger partial charge in [-0.1, -0.05) is 13.8 Å². The zero-order valence-electron chi connectivity index (χ0n) is 15.6. The number of aliphatic imine (C=N–C) groups is 1. The zero-order valence-corrected chi connectivity index (χ0v) is 15.6. The average molecular weight is 326 g/mol. The molecule has 1 unspecified atom stereocenters. The molecular weight excluding hydrogens is 290 g/mol. The van der Waals surface area contributed by atoms with Gasteiger partial charge in [-0.15, -0.1) is 0 Å². The number of carbonyl (C=O) groups is 1. The highest BCUT2D eigenvalue weighted by atomic mass is 16.1. The molecule has 1 heterocycles. The lowest BCUT2D eigenvalue weighted by molar-refractivity contribution is -0.119. The molecule has 0 saturated carbocycles. The summed E-state index contributed by atoms with van der Waals surface area (Å²) in [5, 5.41) is 3.40. The molecule has 1 aliphatic rings. The second kappa shape index (κ2) is 9.11. The maximum absolute atomic E-state index is 11.2. The Kier molecular flexibility index (Phi) is 7.82. The highest BCUT2D eigenvalue weighted by Crippen LogP contribution is 2.20. The molecule has 0 bridgehead atoms. The summed E-state index contributed by atoms with van der Waals surface area (Å²) >= 11 is 0. The lowest BCUT2D eigenvalue weighted by Gasteiger charge is -2.35. The van der Waals surface area contributed by atoms with Gasteiger partial charge in [-0.05, 0) is 45.2 Å². The van der Waals surface area contributed by atoms with Gasteiger partial charge in [-0.2, -0.15) is 0 Å². The van der Waals surface area contributed by atoms with E-state index >= 15 is 0 Å². The summed E-state index contributed by atoms with van der Waals surface area (Å²) in [5.74, 6) is 1.11. The normalized spacial score (nSPS) is 20.0. The second-order valence-corrected chi connectivity index (χ2v) is 7.70. The number of amides is 1. The molecule has 0 aromatic heterocycles. The van der Waals surface area contributed by atoms with Crippen LogP contribution in [-0.2, 0) is 4.79 Å². The number of nitrogens with one attached hydrogen (secondary N) is 1. The third kappa shape index (κ3) is 7.68. The second-order valence-electron chi connectivity index (χ2n) is 7.70. The molecule has 1 aliphatic heterocycles. The van der Waals surface area contributed by atoms with Crippen molar-refractivity contribution in [3.05, 3.63) is 0 Å². The van der Waals surface area contributed by atoms with Crippen LogP contribution in [0.15, 0.2) is 4.99 Å². The largest absolute Gasteiger partial charge is 0.370 e. The summed E-state index contributed by atoms with van der Waals surface area (Å²) in [4.78, 5) is 20.5. The van der Waals surface area contributed by atoms with Crippen molar-refractivity contribution in [1.29, 1.82) is 0 Å². The molecule has 0 aliphatic carbocycles. The van der Waals surface area contributed by atoms with E-state index in [-0.39, 0.29) is 11.3 Å². The first-order valence-electron chi connectivity index (χ1n) is 8.70. The van der Waals surface area contributed by atoms with E-state index in [1.165, 1.54) is 0 Å². The van der Waals surface area contributed by atoms with E-state index in [9.17, 15) is 4.79 Å². The van der Waals surface area contributed by atoms with Crippen LogP contribution < -0.4 is 11.1 Å². The number of piperidine rings is 1. The maximum Gasteiger partial charge on any atom is 0.217 e. The van der Waals surface area contributed by atoms with Crippen molar-refractivity contribution in [2.45, 2.75) is 40.0 Å². The summed E-state index contributed by atoms with van der Waals surface area (Å²) < 4.78 is 0. The number of likely N-dealkylation sites (tertiary alicyclic amines) is 1. The monoisotopic (exact) mass is 325 g/mol. The molecule has 1 amide bonds. The number of carbonyl (C=O) groups excluding carboxylic acids is 1. The standard InChI is InChI=1S/C17H35N5O/c1-6-19-16(20-12-17(2,3)13-21(4)5)22-9-7-8-14(11-22)10-15(18)23/h14H,6-13H2,1-5H3,(H2,18,23)(H,19,20). The summed E-state index contributed by atoms with van der Waals surface area (Å²) in [6.07, 6.45) is 2.64. The number of nitrogens with zero attached hydrogens (tertiary/aromatic N) is 3. The van der Waals surface area contributed by atoms with Gasteiger partial charge in [-0.3, -0.25) is 9.79 Å². The Morgan fingerprint density at radius 1 is 1.43 bits per heavy atom. The minimum atomic E-state index is -0.203. The van der Waals surface area contributed by atoms with Gasteiger partial charge in [0.05, 0.1) is 0 Å². The van der Waals surface area contributed by atoms with Crippen molar-refractivity contribution in [2.24, 2.45) is 22.1 Å². The molecule has 0 aromatic carbocycles. The van der Waals surface area contributed by atoms with E-state index in [0.717, 1.165) is 51.5 Å². The SMILES string of the molecule is CCNC(=NCC(C)(C)CN(C)C)N1CCCC(CC(N)=O)C1. The Bertz CT molecular complexity index is 406. The molecule has 0 spiro atoms. The van der Waals surface area contributed by atoms with Gasteiger partial charge in [0.25, 0.3) is 0 Å². The lowest BCUT2D eigenvalue weighted by Crippen LogP contribution is -2.47. The molecule has 0 radical (unpaired) electrons. The number of rotatable bonds is 7. The van der Waals surface area contributed by atoms with Crippen LogP contribution in [-0.4, -0.2) is 68.5 Å². The van der Waals surface area contributed by atoms with E-state index in [1.54, 1.807) is 0 Å². The molecule has 1 atom stereocenters. The van der Waals surface area contributed by atoms with E-state index in [2.05, 4.69) is 50.0 Å². The molecule has 134 valence electrons. The van der Waals surface area contributed by atoms with Crippen LogP contribution >= 0.6 is 0 Å². The Morgan fingerprint density at radius 3 is 2.70 bits per heavy atom. The fraction of sp³-hybridized carbons (Fsp3) is 0.882. The van der Waals surface area contributed by atoms with E-state index < -0.39 is 0 Å². The Hall–Kier alpha value is -1.30. The molecule has 6 nitrogen and oxygen atoms in total. The first-order valence-corrected chi connectivity index (χ1v) is 8.70. The molecule has 1 saturated heterocycles. The van der Waals surface area contributed by atoms with Crippen LogP contribution in [0, 0.1) is 11.3 Å². The average Bonchev–Trinajstić information content (AvgIpc) is 2.41. The third-order valence-corrected chi connectivity index (χ3v) is 4.04. The molecular formula is C17H35N5O. The van der Waals surface area contributed by atoms with Crippen molar-refractivity contribution in [1.82, 2.24) is 15.1 Å². The van der Waals surface area contributed by atoms with Crippen LogP contribution in [0.2, 0.25) is 0 Å². The Morgan fingerprint density at radius 2 is 2.13 bits per heavy atom. The Labute approximate surface area is 141 Å². The number of hydrogen-bond acceptors (Lipinski definition) is 3. The highest BCUT2D eigenvalue weighted by molar-refractivity contribution is 5.80. The van der Waals surface area contributed by atoms with E-state index in [1.807, 2.05) is 0 Å². The Balaban J connectivity index is 2.72. The van der Waals surface area contributed by atoms with E-state index in [0.29, 0.717) is 12.3 Å². The van der Waals surface area contributed by atoms with Gasteiger partial charge in [-0.25, -0.2) is 0 Å². The van der Waals surface area contributed by atoms with Crippen molar-refractivity contribution < 1.29 is 4.79 Å². The van der Waals surface area contributed by atoms with Crippen molar-refractivity contribution >= 4 is 11.9 Å². The van der Waals surface area contributed by atoms with Crippen molar-refractivity contribution in [2.75, 3.05) is 46.8 Å². The third-order valence-electron chi connectivity index (χ3n) is 4.04. The minimum Gasteiger partial charge on any atom is -0.370 e.